The molecule has 1 unspecified atom stereocenters. The molecule has 1 aliphatic heterocycles. The maximum absolute atomic E-state index is 12.8. The van der Waals surface area contributed by atoms with Gasteiger partial charge in [-0.25, -0.2) is 13.4 Å². The van der Waals surface area contributed by atoms with Crippen molar-refractivity contribution in [2.24, 2.45) is 11.8 Å². The molecule has 1 aliphatic rings. The molecule has 5 nitrogen and oxygen atoms in total. The van der Waals surface area contributed by atoms with Gasteiger partial charge in [0.2, 0.25) is 10.0 Å². The van der Waals surface area contributed by atoms with Gasteiger partial charge in [-0.2, -0.15) is 4.31 Å². The standard InChI is InChI=1S/C14H22BrN3O2S/c1-10(2)11-4-3-6-18(7-5-11)21(19,20)13-8-12(15)9-17-14(13)16/h8-11H,3-7H2,1-2H3,(H2,16,17). The molecule has 0 bridgehead atoms. The van der Waals surface area contributed by atoms with E-state index in [-0.39, 0.29) is 10.7 Å². The fraction of sp³-hybridized carbons (Fsp3) is 0.643. The van der Waals surface area contributed by atoms with Crippen LogP contribution in [0.3, 0.4) is 0 Å². The Balaban J connectivity index is 2.25. The van der Waals surface area contributed by atoms with Gasteiger partial charge in [0.05, 0.1) is 0 Å². The van der Waals surface area contributed by atoms with E-state index < -0.39 is 10.0 Å². The molecule has 2 heterocycles. The Morgan fingerprint density at radius 2 is 2.10 bits per heavy atom. The van der Waals surface area contributed by atoms with Crippen LogP contribution in [0.2, 0.25) is 0 Å². The van der Waals surface area contributed by atoms with Crippen LogP contribution in [0.5, 0.6) is 0 Å². The first-order chi connectivity index (χ1) is 9.82. The third-order valence-corrected chi connectivity index (χ3v) is 6.50. The minimum Gasteiger partial charge on any atom is -0.383 e. The van der Waals surface area contributed by atoms with E-state index in [4.69, 9.17) is 5.73 Å². The molecule has 118 valence electrons. The molecule has 0 saturated carbocycles. The number of hydrogen-bond donors (Lipinski definition) is 1. The average Bonchev–Trinajstić information content (AvgIpc) is 2.67. The van der Waals surface area contributed by atoms with Crippen molar-refractivity contribution in [3.05, 3.63) is 16.7 Å². The number of aromatic nitrogens is 1. The average molecular weight is 376 g/mol. The molecule has 0 amide bonds. The van der Waals surface area contributed by atoms with E-state index in [1.807, 2.05) is 0 Å². The number of halogens is 1. The highest BCUT2D eigenvalue weighted by atomic mass is 79.9. The zero-order chi connectivity index (χ0) is 15.6. The van der Waals surface area contributed by atoms with Crippen molar-refractivity contribution < 1.29 is 8.42 Å². The summed E-state index contributed by atoms with van der Waals surface area (Å²) in [6, 6.07) is 1.53. The van der Waals surface area contributed by atoms with Crippen molar-refractivity contribution in [2.45, 2.75) is 38.0 Å². The first-order valence-corrected chi connectivity index (χ1v) is 9.47. The summed E-state index contributed by atoms with van der Waals surface area (Å²) >= 11 is 3.26. The highest BCUT2D eigenvalue weighted by Gasteiger charge is 2.30. The minimum absolute atomic E-state index is 0.0582. The van der Waals surface area contributed by atoms with Crippen molar-refractivity contribution >= 4 is 31.8 Å². The van der Waals surface area contributed by atoms with Crippen LogP contribution < -0.4 is 5.73 Å². The Labute approximate surface area is 135 Å². The Bertz CT molecular complexity index is 604. The number of nitrogens with zero attached hydrogens (tertiary/aromatic N) is 2. The molecule has 7 heteroatoms. The molecule has 1 saturated heterocycles. The number of rotatable bonds is 3. The number of pyridine rings is 1. The van der Waals surface area contributed by atoms with Crippen LogP contribution in [0.4, 0.5) is 5.82 Å². The van der Waals surface area contributed by atoms with E-state index in [0.29, 0.717) is 29.4 Å². The van der Waals surface area contributed by atoms with Crippen LogP contribution in [0.25, 0.3) is 0 Å². The second-order valence-corrected chi connectivity index (χ2v) is 8.70. The predicted octanol–water partition coefficient (Wildman–Crippen LogP) is 2.87. The lowest BCUT2D eigenvalue weighted by Gasteiger charge is -2.21. The molecule has 21 heavy (non-hydrogen) atoms. The molecule has 2 N–H and O–H groups in total. The second-order valence-electron chi connectivity index (χ2n) is 5.88. The summed E-state index contributed by atoms with van der Waals surface area (Å²) in [6.07, 6.45) is 4.38. The molecule has 0 spiro atoms. The van der Waals surface area contributed by atoms with Crippen molar-refractivity contribution in [3.8, 4) is 0 Å². The molecule has 0 radical (unpaired) electrons. The van der Waals surface area contributed by atoms with E-state index in [1.54, 1.807) is 4.31 Å². The summed E-state index contributed by atoms with van der Waals surface area (Å²) in [5, 5.41) is 0. The molecule has 0 aromatic carbocycles. The number of anilines is 1. The maximum atomic E-state index is 12.8. The summed E-state index contributed by atoms with van der Waals surface area (Å²) in [5.41, 5.74) is 5.76. The van der Waals surface area contributed by atoms with Crippen LogP contribution in [0, 0.1) is 11.8 Å². The van der Waals surface area contributed by atoms with Gasteiger partial charge in [-0.05, 0) is 53.1 Å². The van der Waals surface area contributed by atoms with Crippen LogP contribution in [-0.2, 0) is 10.0 Å². The molecular formula is C14H22BrN3O2S. The first kappa shape index (κ1) is 16.7. The monoisotopic (exact) mass is 375 g/mol. The lowest BCUT2D eigenvalue weighted by Crippen LogP contribution is -2.33. The van der Waals surface area contributed by atoms with Gasteiger partial charge >= 0.3 is 0 Å². The lowest BCUT2D eigenvalue weighted by atomic mass is 9.89. The van der Waals surface area contributed by atoms with Crippen LogP contribution >= 0.6 is 15.9 Å². The minimum atomic E-state index is -3.57. The van der Waals surface area contributed by atoms with Gasteiger partial charge < -0.3 is 5.73 Å². The van der Waals surface area contributed by atoms with Gasteiger partial charge in [0.1, 0.15) is 10.7 Å². The maximum Gasteiger partial charge on any atom is 0.246 e. The van der Waals surface area contributed by atoms with Crippen molar-refractivity contribution in [3.63, 3.8) is 0 Å². The van der Waals surface area contributed by atoms with Gasteiger partial charge in [0.25, 0.3) is 0 Å². The van der Waals surface area contributed by atoms with Crippen molar-refractivity contribution in [2.75, 3.05) is 18.8 Å². The molecule has 1 aromatic rings. The van der Waals surface area contributed by atoms with E-state index in [9.17, 15) is 8.42 Å². The Hall–Kier alpha value is -0.660. The van der Waals surface area contributed by atoms with Crippen LogP contribution in [0.1, 0.15) is 33.1 Å². The number of nitrogens with two attached hydrogens (primary N) is 1. The SMILES string of the molecule is CC(C)C1CCCN(S(=O)(=O)c2cc(Br)cnc2N)CC1. The number of nitrogen functional groups attached to an aromatic ring is 1. The van der Waals surface area contributed by atoms with E-state index in [0.717, 1.165) is 19.3 Å². The predicted molar refractivity (Wildman–Crippen MR) is 87.3 cm³/mol. The molecule has 1 atom stereocenters. The third kappa shape index (κ3) is 3.76. The zero-order valence-corrected chi connectivity index (χ0v) is 14.8. The van der Waals surface area contributed by atoms with Gasteiger partial charge in [-0.15, -0.1) is 0 Å². The topological polar surface area (TPSA) is 76.3 Å². The molecule has 2 rings (SSSR count). The van der Waals surface area contributed by atoms with Crippen LogP contribution in [-0.4, -0.2) is 30.8 Å². The smallest absolute Gasteiger partial charge is 0.246 e. The summed E-state index contributed by atoms with van der Waals surface area (Å²) < 4.78 is 27.7. The first-order valence-electron chi connectivity index (χ1n) is 7.23. The van der Waals surface area contributed by atoms with Gasteiger partial charge in [-0.1, -0.05) is 13.8 Å². The summed E-state index contributed by atoms with van der Waals surface area (Å²) in [6.45, 7) is 5.50. The zero-order valence-electron chi connectivity index (χ0n) is 12.4. The van der Waals surface area contributed by atoms with Gasteiger partial charge in [0.15, 0.2) is 0 Å². The molecule has 1 fully saturated rings. The number of hydrogen-bond acceptors (Lipinski definition) is 4. The van der Waals surface area contributed by atoms with E-state index in [2.05, 4.69) is 34.8 Å². The Kier molecular flexibility index (Phi) is 5.27. The molecular weight excluding hydrogens is 354 g/mol. The normalized spacial score (nSPS) is 21.4. The fourth-order valence-electron chi connectivity index (χ4n) is 2.78. The van der Waals surface area contributed by atoms with Gasteiger partial charge in [0, 0.05) is 23.8 Å². The van der Waals surface area contributed by atoms with Crippen LogP contribution in [0.15, 0.2) is 21.6 Å². The van der Waals surface area contributed by atoms with Crippen molar-refractivity contribution in [1.82, 2.24) is 9.29 Å². The molecule has 0 aliphatic carbocycles. The second kappa shape index (κ2) is 6.62. The number of sulfonamides is 1. The van der Waals surface area contributed by atoms with Crippen molar-refractivity contribution in [1.29, 1.82) is 0 Å². The Morgan fingerprint density at radius 3 is 2.76 bits per heavy atom. The summed E-state index contributed by atoms with van der Waals surface area (Å²) in [5.74, 6) is 1.23. The highest BCUT2D eigenvalue weighted by molar-refractivity contribution is 9.10. The summed E-state index contributed by atoms with van der Waals surface area (Å²) in [4.78, 5) is 4.03. The lowest BCUT2D eigenvalue weighted by molar-refractivity contribution is 0.341. The Morgan fingerprint density at radius 1 is 1.38 bits per heavy atom. The van der Waals surface area contributed by atoms with E-state index >= 15 is 0 Å². The molecule has 1 aromatic heterocycles. The third-order valence-electron chi connectivity index (χ3n) is 4.14. The van der Waals surface area contributed by atoms with E-state index in [1.165, 1.54) is 12.3 Å². The largest absolute Gasteiger partial charge is 0.383 e. The van der Waals surface area contributed by atoms with Gasteiger partial charge in [-0.3, -0.25) is 0 Å². The highest BCUT2D eigenvalue weighted by Crippen LogP contribution is 2.29. The summed E-state index contributed by atoms with van der Waals surface area (Å²) in [7, 11) is -3.57. The fourth-order valence-corrected chi connectivity index (χ4v) is 4.85. The quantitative estimate of drug-likeness (QED) is 0.880.